The van der Waals surface area contributed by atoms with Crippen molar-refractivity contribution in [3.63, 3.8) is 0 Å². The van der Waals surface area contributed by atoms with Crippen molar-refractivity contribution in [2.45, 2.75) is 51.7 Å². The van der Waals surface area contributed by atoms with E-state index >= 15 is 0 Å². The predicted octanol–water partition coefficient (Wildman–Crippen LogP) is 3.70. The molecule has 2 heteroatoms. The SMILES string of the molecule is CC1CCCC(Oc2ccccc2[C@@H](C)O)C1. The third-order valence-corrected chi connectivity index (χ3v) is 3.55. The topological polar surface area (TPSA) is 29.5 Å². The molecule has 0 bridgehead atoms. The molecule has 1 aromatic carbocycles. The molecule has 0 radical (unpaired) electrons. The highest BCUT2D eigenvalue weighted by Gasteiger charge is 2.21. The zero-order valence-corrected chi connectivity index (χ0v) is 10.7. The molecule has 1 aromatic rings. The van der Waals surface area contributed by atoms with Crippen molar-refractivity contribution in [1.82, 2.24) is 0 Å². The van der Waals surface area contributed by atoms with Gasteiger partial charge in [-0.3, -0.25) is 0 Å². The highest BCUT2D eigenvalue weighted by atomic mass is 16.5. The van der Waals surface area contributed by atoms with E-state index in [0.29, 0.717) is 6.10 Å². The summed E-state index contributed by atoms with van der Waals surface area (Å²) in [4.78, 5) is 0. The molecule has 0 heterocycles. The maximum Gasteiger partial charge on any atom is 0.125 e. The fourth-order valence-corrected chi connectivity index (χ4v) is 2.60. The van der Waals surface area contributed by atoms with Crippen LogP contribution in [0.1, 0.15) is 51.2 Å². The van der Waals surface area contributed by atoms with Crippen LogP contribution >= 0.6 is 0 Å². The zero-order valence-electron chi connectivity index (χ0n) is 10.7. The quantitative estimate of drug-likeness (QED) is 0.864. The Morgan fingerprint density at radius 1 is 1.29 bits per heavy atom. The summed E-state index contributed by atoms with van der Waals surface area (Å²) >= 11 is 0. The third kappa shape index (κ3) is 3.22. The Bertz CT molecular complexity index is 360. The highest BCUT2D eigenvalue weighted by molar-refractivity contribution is 5.34. The van der Waals surface area contributed by atoms with Gasteiger partial charge in [-0.2, -0.15) is 0 Å². The average Bonchev–Trinajstić information content (AvgIpc) is 2.29. The fourth-order valence-electron chi connectivity index (χ4n) is 2.60. The summed E-state index contributed by atoms with van der Waals surface area (Å²) in [6.45, 7) is 4.07. The number of para-hydroxylation sites is 1. The number of benzene rings is 1. The molecule has 1 fully saturated rings. The van der Waals surface area contributed by atoms with E-state index in [1.165, 1.54) is 12.8 Å². The Hall–Kier alpha value is -1.02. The van der Waals surface area contributed by atoms with Gasteiger partial charge in [0.1, 0.15) is 5.75 Å². The van der Waals surface area contributed by atoms with E-state index in [0.717, 1.165) is 30.1 Å². The molecule has 0 saturated heterocycles. The Morgan fingerprint density at radius 3 is 2.76 bits per heavy atom. The molecule has 1 saturated carbocycles. The molecule has 0 spiro atoms. The Labute approximate surface area is 104 Å². The van der Waals surface area contributed by atoms with Gasteiger partial charge < -0.3 is 9.84 Å². The van der Waals surface area contributed by atoms with E-state index in [2.05, 4.69) is 6.92 Å². The lowest BCUT2D eigenvalue weighted by atomic mass is 9.88. The number of aliphatic hydroxyl groups excluding tert-OH is 1. The normalized spacial score (nSPS) is 26.5. The van der Waals surface area contributed by atoms with Crippen molar-refractivity contribution in [1.29, 1.82) is 0 Å². The van der Waals surface area contributed by atoms with Crippen molar-refractivity contribution in [2.75, 3.05) is 0 Å². The molecule has 0 aliphatic heterocycles. The van der Waals surface area contributed by atoms with Crippen molar-refractivity contribution in [3.05, 3.63) is 29.8 Å². The summed E-state index contributed by atoms with van der Waals surface area (Å²) in [5.74, 6) is 1.61. The molecule has 1 N–H and O–H groups in total. The number of rotatable bonds is 3. The maximum absolute atomic E-state index is 9.71. The van der Waals surface area contributed by atoms with E-state index in [-0.39, 0.29) is 0 Å². The summed E-state index contributed by atoms with van der Waals surface area (Å²) < 4.78 is 6.06. The van der Waals surface area contributed by atoms with Gasteiger partial charge >= 0.3 is 0 Å². The molecular formula is C15H22O2. The molecule has 2 rings (SSSR count). The number of hydrogen-bond donors (Lipinski definition) is 1. The van der Waals surface area contributed by atoms with Crippen LogP contribution in [0.2, 0.25) is 0 Å². The smallest absolute Gasteiger partial charge is 0.125 e. The van der Waals surface area contributed by atoms with E-state index in [1.807, 2.05) is 24.3 Å². The van der Waals surface area contributed by atoms with E-state index in [4.69, 9.17) is 4.74 Å². The summed E-state index contributed by atoms with van der Waals surface area (Å²) in [6.07, 6.45) is 4.69. The van der Waals surface area contributed by atoms with Gasteiger partial charge in [-0.1, -0.05) is 31.5 Å². The Balaban J connectivity index is 2.07. The van der Waals surface area contributed by atoms with Crippen LogP contribution in [-0.4, -0.2) is 11.2 Å². The van der Waals surface area contributed by atoms with Crippen LogP contribution in [0.4, 0.5) is 0 Å². The first-order valence-corrected chi connectivity index (χ1v) is 6.60. The molecule has 1 aliphatic carbocycles. The van der Waals surface area contributed by atoms with Gasteiger partial charge in [-0.05, 0) is 38.2 Å². The van der Waals surface area contributed by atoms with Gasteiger partial charge in [0.05, 0.1) is 12.2 Å². The van der Waals surface area contributed by atoms with Crippen LogP contribution in [0.3, 0.4) is 0 Å². The Morgan fingerprint density at radius 2 is 2.06 bits per heavy atom. The maximum atomic E-state index is 9.71. The van der Waals surface area contributed by atoms with Gasteiger partial charge in [-0.25, -0.2) is 0 Å². The first-order chi connectivity index (χ1) is 8.16. The monoisotopic (exact) mass is 234 g/mol. The molecule has 2 nitrogen and oxygen atoms in total. The average molecular weight is 234 g/mol. The van der Waals surface area contributed by atoms with Gasteiger partial charge in [0.25, 0.3) is 0 Å². The molecule has 17 heavy (non-hydrogen) atoms. The Kier molecular flexibility index (Phi) is 4.06. The number of hydrogen-bond acceptors (Lipinski definition) is 2. The van der Waals surface area contributed by atoms with E-state index in [9.17, 15) is 5.11 Å². The second-order valence-electron chi connectivity index (χ2n) is 5.23. The molecular weight excluding hydrogens is 212 g/mol. The minimum absolute atomic E-state index is 0.318. The van der Waals surface area contributed by atoms with Crippen molar-refractivity contribution in [3.8, 4) is 5.75 Å². The number of aliphatic hydroxyl groups is 1. The van der Waals surface area contributed by atoms with Gasteiger partial charge in [0.15, 0.2) is 0 Å². The molecule has 1 aliphatic rings. The molecule has 0 amide bonds. The summed E-state index contributed by atoms with van der Waals surface area (Å²) in [6, 6.07) is 7.81. The highest BCUT2D eigenvalue weighted by Crippen LogP contribution is 2.31. The van der Waals surface area contributed by atoms with Crippen molar-refractivity contribution in [2.24, 2.45) is 5.92 Å². The van der Waals surface area contributed by atoms with Crippen LogP contribution in [0.15, 0.2) is 24.3 Å². The lowest BCUT2D eigenvalue weighted by Gasteiger charge is -2.28. The number of ether oxygens (including phenoxy) is 1. The molecule has 3 atom stereocenters. The summed E-state index contributed by atoms with van der Waals surface area (Å²) in [7, 11) is 0. The van der Waals surface area contributed by atoms with Crippen LogP contribution in [0, 0.1) is 5.92 Å². The third-order valence-electron chi connectivity index (χ3n) is 3.55. The molecule has 2 unspecified atom stereocenters. The molecule has 0 aromatic heterocycles. The van der Waals surface area contributed by atoms with Crippen LogP contribution < -0.4 is 4.74 Å². The van der Waals surface area contributed by atoms with Gasteiger partial charge in [0.2, 0.25) is 0 Å². The predicted molar refractivity (Wildman–Crippen MR) is 69.1 cm³/mol. The van der Waals surface area contributed by atoms with E-state index in [1.54, 1.807) is 6.92 Å². The zero-order chi connectivity index (χ0) is 12.3. The fraction of sp³-hybridized carbons (Fsp3) is 0.600. The van der Waals surface area contributed by atoms with Crippen molar-refractivity contribution >= 4 is 0 Å². The lowest BCUT2D eigenvalue weighted by molar-refractivity contribution is 0.121. The minimum Gasteiger partial charge on any atom is -0.490 e. The summed E-state index contributed by atoms with van der Waals surface area (Å²) in [5, 5.41) is 9.71. The minimum atomic E-state index is -0.466. The van der Waals surface area contributed by atoms with Crippen LogP contribution in [0.5, 0.6) is 5.75 Å². The summed E-state index contributed by atoms with van der Waals surface area (Å²) in [5.41, 5.74) is 0.894. The standard InChI is InChI=1S/C15H22O2/c1-11-6-5-7-13(10-11)17-15-9-4-3-8-14(15)12(2)16/h3-4,8-9,11-13,16H,5-7,10H2,1-2H3/t11?,12-,13?/m1/s1. The second-order valence-corrected chi connectivity index (χ2v) is 5.23. The lowest BCUT2D eigenvalue weighted by Crippen LogP contribution is -2.24. The van der Waals surface area contributed by atoms with Gasteiger partial charge in [0, 0.05) is 5.56 Å². The molecule has 94 valence electrons. The van der Waals surface area contributed by atoms with Gasteiger partial charge in [-0.15, -0.1) is 0 Å². The first-order valence-electron chi connectivity index (χ1n) is 6.60. The largest absolute Gasteiger partial charge is 0.490 e. The van der Waals surface area contributed by atoms with Crippen LogP contribution in [-0.2, 0) is 0 Å². The van der Waals surface area contributed by atoms with E-state index < -0.39 is 6.10 Å². The van der Waals surface area contributed by atoms with Crippen LogP contribution in [0.25, 0.3) is 0 Å². The van der Waals surface area contributed by atoms with Crippen molar-refractivity contribution < 1.29 is 9.84 Å². The second kappa shape index (κ2) is 5.54. The first kappa shape index (κ1) is 12.4.